The molecule has 8 heteroatoms. The molecule has 0 fully saturated rings. The van der Waals surface area contributed by atoms with Crippen LogP contribution in [-0.4, -0.2) is 23.3 Å². The van der Waals surface area contributed by atoms with E-state index in [1.807, 2.05) is 54.2 Å². The van der Waals surface area contributed by atoms with E-state index in [0.717, 1.165) is 11.3 Å². The number of hydrogen-bond acceptors (Lipinski definition) is 4. The van der Waals surface area contributed by atoms with E-state index in [4.69, 9.17) is 9.47 Å². The lowest BCUT2D eigenvalue weighted by Crippen LogP contribution is -2.17. The van der Waals surface area contributed by atoms with Crippen LogP contribution in [0, 0.1) is 5.82 Å². The number of amides is 1. The summed E-state index contributed by atoms with van der Waals surface area (Å²) >= 11 is 3.52. The fourth-order valence-corrected chi connectivity index (χ4v) is 3.90. The lowest BCUT2D eigenvalue weighted by Gasteiger charge is -2.14. The van der Waals surface area contributed by atoms with Gasteiger partial charge in [-0.3, -0.25) is 4.79 Å². The van der Waals surface area contributed by atoms with E-state index >= 15 is 0 Å². The molecule has 0 bridgehead atoms. The standard InChI is InChI=1S/C27H23BrFN3O3/c1-2-34-25-16-20(15-24(28)26(25)35-18-19-5-9-22(29)10-6-19)17-30-31-27(33)21-7-11-23(12-8-21)32-13-3-4-14-32/h3-17H,2,18H2,1H3,(H,31,33)/b30-17+. The zero-order valence-electron chi connectivity index (χ0n) is 18.9. The van der Waals surface area contributed by atoms with Crippen LogP contribution in [0.1, 0.15) is 28.4 Å². The van der Waals surface area contributed by atoms with Crippen LogP contribution in [0.15, 0.2) is 94.8 Å². The monoisotopic (exact) mass is 535 g/mol. The molecule has 1 aromatic heterocycles. The molecule has 178 valence electrons. The molecule has 1 N–H and O–H groups in total. The fourth-order valence-electron chi connectivity index (χ4n) is 3.32. The van der Waals surface area contributed by atoms with Crippen molar-refractivity contribution < 1.29 is 18.7 Å². The lowest BCUT2D eigenvalue weighted by molar-refractivity contribution is 0.0955. The van der Waals surface area contributed by atoms with Crippen molar-refractivity contribution in [1.82, 2.24) is 9.99 Å². The van der Waals surface area contributed by atoms with Crippen LogP contribution in [-0.2, 0) is 6.61 Å². The summed E-state index contributed by atoms with van der Waals surface area (Å²) in [5.41, 5.74) is 5.54. The van der Waals surface area contributed by atoms with Gasteiger partial charge in [-0.2, -0.15) is 5.10 Å². The number of hydrogen-bond donors (Lipinski definition) is 1. The van der Waals surface area contributed by atoms with Gasteiger partial charge in [0.05, 0.1) is 17.3 Å². The van der Waals surface area contributed by atoms with Gasteiger partial charge < -0.3 is 14.0 Å². The Morgan fingerprint density at radius 1 is 1.06 bits per heavy atom. The highest BCUT2D eigenvalue weighted by Crippen LogP contribution is 2.37. The number of carbonyl (C=O) groups is 1. The van der Waals surface area contributed by atoms with E-state index in [1.54, 1.807) is 30.3 Å². The molecule has 0 saturated heterocycles. The Balaban J connectivity index is 1.42. The SMILES string of the molecule is CCOc1cc(/C=N/NC(=O)c2ccc(-n3cccc3)cc2)cc(Br)c1OCc1ccc(F)cc1. The summed E-state index contributed by atoms with van der Waals surface area (Å²) in [7, 11) is 0. The summed E-state index contributed by atoms with van der Waals surface area (Å²) in [5.74, 6) is 0.441. The maximum Gasteiger partial charge on any atom is 0.271 e. The maximum absolute atomic E-state index is 13.1. The maximum atomic E-state index is 13.1. The Bertz CT molecular complexity index is 1310. The van der Waals surface area contributed by atoms with Crippen LogP contribution in [0.25, 0.3) is 5.69 Å². The molecule has 0 atom stereocenters. The molecule has 4 aromatic rings. The Morgan fingerprint density at radius 2 is 1.77 bits per heavy atom. The number of nitrogens with one attached hydrogen (secondary N) is 1. The highest BCUT2D eigenvalue weighted by atomic mass is 79.9. The first-order valence-electron chi connectivity index (χ1n) is 10.9. The molecule has 0 aliphatic rings. The molecule has 35 heavy (non-hydrogen) atoms. The molecule has 0 aliphatic heterocycles. The summed E-state index contributed by atoms with van der Waals surface area (Å²) in [6, 6.07) is 20.8. The zero-order valence-corrected chi connectivity index (χ0v) is 20.5. The molecule has 0 saturated carbocycles. The van der Waals surface area contributed by atoms with E-state index < -0.39 is 0 Å². The van der Waals surface area contributed by atoms with Crippen molar-refractivity contribution in [3.8, 4) is 17.2 Å². The van der Waals surface area contributed by atoms with Gasteiger partial charge in [0, 0.05) is 23.6 Å². The first kappa shape index (κ1) is 24.2. The van der Waals surface area contributed by atoms with E-state index in [9.17, 15) is 9.18 Å². The fraction of sp³-hybridized carbons (Fsp3) is 0.111. The summed E-state index contributed by atoms with van der Waals surface area (Å²) in [6.45, 7) is 2.57. The molecular weight excluding hydrogens is 513 g/mol. The first-order valence-corrected chi connectivity index (χ1v) is 11.7. The molecule has 0 unspecified atom stereocenters. The molecular formula is C27H23BrFN3O3. The number of benzene rings is 3. The second-order valence-corrected chi connectivity index (χ2v) is 8.37. The van der Waals surface area contributed by atoms with Crippen molar-refractivity contribution in [2.45, 2.75) is 13.5 Å². The normalized spacial score (nSPS) is 10.9. The van der Waals surface area contributed by atoms with Crippen LogP contribution in [0.4, 0.5) is 4.39 Å². The van der Waals surface area contributed by atoms with Gasteiger partial charge in [0.25, 0.3) is 5.91 Å². The highest BCUT2D eigenvalue weighted by Gasteiger charge is 2.13. The minimum Gasteiger partial charge on any atom is -0.490 e. The quantitative estimate of drug-likeness (QED) is 0.207. The summed E-state index contributed by atoms with van der Waals surface area (Å²) in [4.78, 5) is 12.5. The third kappa shape index (κ3) is 6.36. The Morgan fingerprint density at radius 3 is 2.46 bits per heavy atom. The number of hydrazone groups is 1. The van der Waals surface area contributed by atoms with Crippen molar-refractivity contribution in [2.75, 3.05) is 6.61 Å². The number of nitrogens with zero attached hydrogens (tertiary/aromatic N) is 2. The summed E-state index contributed by atoms with van der Waals surface area (Å²) in [5, 5.41) is 4.08. The zero-order chi connectivity index (χ0) is 24.6. The van der Waals surface area contributed by atoms with Crippen molar-refractivity contribution in [2.24, 2.45) is 5.10 Å². The molecule has 1 heterocycles. The summed E-state index contributed by atoms with van der Waals surface area (Å²) < 4.78 is 27.4. The lowest BCUT2D eigenvalue weighted by atomic mass is 10.2. The number of carbonyl (C=O) groups excluding carboxylic acids is 1. The third-order valence-electron chi connectivity index (χ3n) is 5.04. The largest absolute Gasteiger partial charge is 0.490 e. The van der Waals surface area contributed by atoms with Gasteiger partial charge in [-0.05, 0) is 94.6 Å². The topological polar surface area (TPSA) is 64.8 Å². The third-order valence-corrected chi connectivity index (χ3v) is 5.63. The van der Waals surface area contributed by atoms with Gasteiger partial charge in [-0.25, -0.2) is 9.82 Å². The van der Waals surface area contributed by atoms with Gasteiger partial charge in [0.2, 0.25) is 0 Å². The van der Waals surface area contributed by atoms with Crippen LogP contribution < -0.4 is 14.9 Å². The van der Waals surface area contributed by atoms with E-state index in [-0.39, 0.29) is 18.3 Å². The van der Waals surface area contributed by atoms with Crippen LogP contribution >= 0.6 is 15.9 Å². The number of halogens is 2. The predicted octanol–water partition coefficient (Wildman–Crippen LogP) is 6.12. The van der Waals surface area contributed by atoms with Crippen molar-refractivity contribution >= 4 is 28.1 Å². The Hall–Kier alpha value is -3.91. The average Bonchev–Trinajstić information content (AvgIpc) is 3.40. The van der Waals surface area contributed by atoms with Crippen molar-refractivity contribution in [3.05, 3.63) is 112 Å². The molecule has 0 spiro atoms. The minimum absolute atomic E-state index is 0.256. The van der Waals surface area contributed by atoms with Gasteiger partial charge in [-0.15, -0.1) is 0 Å². The Kier molecular flexibility index (Phi) is 7.95. The molecule has 6 nitrogen and oxygen atoms in total. The van der Waals surface area contributed by atoms with Gasteiger partial charge >= 0.3 is 0 Å². The van der Waals surface area contributed by atoms with Crippen LogP contribution in [0.5, 0.6) is 11.5 Å². The van der Waals surface area contributed by atoms with Crippen LogP contribution in [0.2, 0.25) is 0 Å². The Labute approximate surface area is 211 Å². The smallest absolute Gasteiger partial charge is 0.271 e. The van der Waals surface area contributed by atoms with Crippen molar-refractivity contribution in [3.63, 3.8) is 0 Å². The number of rotatable bonds is 9. The van der Waals surface area contributed by atoms with Gasteiger partial charge in [0.15, 0.2) is 11.5 Å². The molecule has 3 aromatic carbocycles. The number of ether oxygens (including phenoxy) is 2. The van der Waals surface area contributed by atoms with Gasteiger partial charge in [0.1, 0.15) is 12.4 Å². The second kappa shape index (κ2) is 11.5. The van der Waals surface area contributed by atoms with Crippen LogP contribution in [0.3, 0.4) is 0 Å². The number of aromatic nitrogens is 1. The minimum atomic E-state index is -0.316. The average molecular weight is 536 g/mol. The van der Waals surface area contributed by atoms with E-state index in [0.29, 0.717) is 33.7 Å². The van der Waals surface area contributed by atoms with Crippen molar-refractivity contribution in [1.29, 1.82) is 0 Å². The summed E-state index contributed by atoms with van der Waals surface area (Å²) in [6.07, 6.45) is 5.41. The predicted molar refractivity (Wildman–Crippen MR) is 137 cm³/mol. The van der Waals surface area contributed by atoms with E-state index in [1.165, 1.54) is 18.3 Å². The highest BCUT2D eigenvalue weighted by molar-refractivity contribution is 9.10. The molecule has 0 radical (unpaired) electrons. The van der Waals surface area contributed by atoms with Gasteiger partial charge in [-0.1, -0.05) is 12.1 Å². The molecule has 0 aliphatic carbocycles. The molecule has 1 amide bonds. The first-order chi connectivity index (χ1) is 17.0. The second-order valence-electron chi connectivity index (χ2n) is 7.51. The van der Waals surface area contributed by atoms with E-state index in [2.05, 4.69) is 26.5 Å². The molecule has 4 rings (SSSR count).